The Morgan fingerprint density at radius 1 is 1.21 bits per heavy atom. The van der Waals surface area contributed by atoms with Crippen molar-refractivity contribution < 1.29 is 4.74 Å². The second-order valence-electron chi connectivity index (χ2n) is 3.02. The number of hydrogen-bond acceptors (Lipinski definition) is 3. The molecule has 0 saturated heterocycles. The lowest BCUT2D eigenvalue weighted by Crippen LogP contribution is -1.82. The van der Waals surface area contributed by atoms with Crippen molar-refractivity contribution in [3.8, 4) is 16.3 Å². The molecule has 0 radical (unpaired) electrons. The standard InChI is InChI=1S/C11H11NOS/c1-8-7-14-11(12-8)9-3-5-10(13-2)6-4-9/h3-7H,1-2H3. The van der Waals surface area contributed by atoms with Crippen LogP contribution in [-0.2, 0) is 0 Å². The summed E-state index contributed by atoms with van der Waals surface area (Å²) < 4.78 is 5.09. The van der Waals surface area contributed by atoms with Crippen LogP contribution >= 0.6 is 11.3 Å². The summed E-state index contributed by atoms with van der Waals surface area (Å²) in [6.45, 7) is 2.00. The molecule has 2 rings (SSSR count). The van der Waals surface area contributed by atoms with Gasteiger partial charge in [-0.15, -0.1) is 11.3 Å². The van der Waals surface area contributed by atoms with Gasteiger partial charge in [0.15, 0.2) is 0 Å². The molecule has 0 bridgehead atoms. The van der Waals surface area contributed by atoms with Crippen molar-refractivity contribution in [1.29, 1.82) is 0 Å². The van der Waals surface area contributed by atoms with Crippen LogP contribution < -0.4 is 4.74 Å². The Bertz CT molecular complexity index is 419. The predicted molar refractivity (Wildman–Crippen MR) is 58.8 cm³/mol. The molecule has 14 heavy (non-hydrogen) atoms. The lowest BCUT2D eigenvalue weighted by molar-refractivity contribution is 0.415. The minimum Gasteiger partial charge on any atom is -0.497 e. The fourth-order valence-electron chi connectivity index (χ4n) is 1.22. The van der Waals surface area contributed by atoms with Crippen molar-refractivity contribution in [3.05, 3.63) is 35.3 Å². The van der Waals surface area contributed by atoms with Crippen molar-refractivity contribution in [3.63, 3.8) is 0 Å². The van der Waals surface area contributed by atoms with Gasteiger partial charge in [0.1, 0.15) is 10.8 Å². The smallest absolute Gasteiger partial charge is 0.123 e. The molecule has 0 aliphatic carbocycles. The van der Waals surface area contributed by atoms with Gasteiger partial charge in [0.25, 0.3) is 0 Å². The van der Waals surface area contributed by atoms with Crippen molar-refractivity contribution in [1.82, 2.24) is 4.98 Å². The summed E-state index contributed by atoms with van der Waals surface area (Å²) in [5.74, 6) is 0.877. The van der Waals surface area contributed by atoms with Crippen LogP contribution in [0.3, 0.4) is 0 Å². The molecule has 0 aliphatic rings. The molecule has 0 fully saturated rings. The number of ether oxygens (including phenoxy) is 1. The molecule has 72 valence electrons. The SMILES string of the molecule is COc1ccc(-c2nc(C)cs2)cc1. The highest BCUT2D eigenvalue weighted by Gasteiger charge is 2.01. The van der Waals surface area contributed by atoms with E-state index >= 15 is 0 Å². The Morgan fingerprint density at radius 3 is 2.43 bits per heavy atom. The number of benzene rings is 1. The zero-order chi connectivity index (χ0) is 9.97. The van der Waals surface area contributed by atoms with E-state index in [0.29, 0.717) is 0 Å². The molecule has 3 heteroatoms. The van der Waals surface area contributed by atoms with Crippen LogP contribution in [-0.4, -0.2) is 12.1 Å². The number of aromatic nitrogens is 1. The normalized spacial score (nSPS) is 10.1. The fourth-order valence-corrected chi connectivity index (χ4v) is 2.02. The van der Waals surface area contributed by atoms with E-state index < -0.39 is 0 Å². The quantitative estimate of drug-likeness (QED) is 0.751. The molecule has 1 heterocycles. The average molecular weight is 205 g/mol. The van der Waals surface area contributed by atoms with Crippen LogP contribution in [0.2, 0.25) is 0 Å². The highest BCUT2D eigenvalue weighted by Crippen LogP contribution is 2.25. The van der Waals surface area contributed by atoms with Crippen LogP contribution in [0, 0.1) is 6.92 Å². The summed E-state index contributed by atoms with van der Waals surface area (Å²) in [7, 11) is 1.67. The van der Waals surface area contributed by atoms with Gasteiger partial charge in [-0.2, -0.15) is 0 Å². The molecule has 0 amide bonds. The Kier molecular flexibility index (Phi) is 2.50. The second-order valence-corrected chi connectivity index (χ2v) is 3.88. The molecule has 0 aliphatic heterocycles. The summed E-state index contributed by atoms with van der Waals surface area (Å²) in [5, 5.41) is 3.12. The van der Waals surface area contributed by atoms with E-state index in [-0.39, 0.29) is 0 Å². The Morgan fingerprint density at radius 2 is 1.93 bits per heavy atom. The number of thiazole rings is 1. The lowest BCUT2D eigenvalue weighted by Gasteiger charge is -1.99. The van der Waals surface area contributed by atoms with Gasteiger partial charge in [-0.05, 0) is 31.2 Å². The average Bonchev–Trinajstić information content (AvgIpc) is 2.65. The maximum atomic E-state index is 5.09. The number of methoxy groups -OCH3 is 1. The summed E-state index contributed by atoms with van der Waals surface area (Å²) in [5.41, 5.74) is 2.21. The second kappa shape index (κ2) is 3.80. The van der Waals surface area contributed by atoms with Gasteiger partial charge in [0.05, 0.1) is 7.11 Å². The van der Waals surface area contributed by atoms with Crippen molar-refractivity contribution in [2.45, 2.75) is 6.92 Å². The molecule has 0 unspecified atom stereocenters. The fraction of sp³-hybridized carbons (Fsp3) is 0.182. The third kappa shape index (κ3) is 1.77. The molecule has 0 N–H and O–H groups in total. The van der Waals surface area contributed by atoms with Gasteiger partial charge < -0.3 is 4.74 Å². The minimum absolute atomic E-state index is 0.877. The third-order valence-electron chi connectivity index (χ3n) is 1.96. The largest absolute Gasteiger partial charge is 0.497 e. The van der Waals surface area contributed by atoms with Gasteiger partial charge in [-0.3, -0.25) is 0 Å². The number of hydrogen-bond donors (Lipinski definition) is 0. The van der Waals surface area contributed by atoms with E-state index in [2.05, 4.69) is 10.4 Å². The summed E-state index contributed by atoms with van der Waals surface area (Å²) in [4.78, 5) is 4.41. The molecule has 1 aromatic heterocycles. The maximum Gasteiger partial charge on any atom is 0.123 e. The third-order valence-corrected chi connectivity index (χ3v) is 2.97. The van der Waals surface area contributed by atoms with Crippen LogP contribution in [0.25, 0.3) is 10.6 Å². The first-order valence-electron chi connectivity index (χ1n) is 4.36. The van der Waals surface area contributed by atoms with Gasteiger partial charge in [0.2, 0.25) is 0 Å². The van der Waals surface area contributed by atoms with E-state index in [1.54, 1.807) is 18.4 Å². The monoisotopic (exact) mass is 205 g/mol. The number of aryl methyl sites for hydroxylation is 1. The maximum absolute atomic E-state index is 5.09. The van der Waals surface area contributed by atoms with Crippen molar-refractivity contribution >= 4 is 11.3 Å². The van der Waals surface area contributed by atoms with E-state index in [1.165, 1.54) is 0 Å². The van der Waals surface area contributed by atoms with Crippen LogP contribution in [0.4, 0.5) is 0 Å². The first kappa shape index (κ1) is 9.21. The molecule has 1 aromatic carbocycles. The van der Waals surface area contributed by atoms with Gasteiger partial charge in [-0.25, -0.2) is 4.98 Å². The summed E-state index contributed by atoms with van der Waals surface area (Å²) >= 11 is 1.66. The summed E-state index contributed by atoms with van der Waals surface area (Å²) in [6.07, 6.45) is 0. The van der Waals surface area contributed by atoms with Crippen molar-refractivity contribution in [2.75, 3.05) is 7.11 Å². The lowest BCUT2D eigenvalue weighted by atomic mass is 10.2. The van der Waals surface area contributed by atoms with E-state index in [0.717, 1.165) is 22.0 Å². The molecule has 2 nitrogen and oxygen atoms in total. The zero-order valence-electron chi connectivity index (χ0n) is 8.15. The predicted octanol–water partition coefficient (Wildman–Crippen LogP) is 3.13. The molecular weight excluding hydrogens is 194 g/mol. The van der Waals surface area contributed by atoms with Gasteiger partial charge in [0, 0.05) is 16.6 Å². The Balaban J connectivity index is 2.33. The Hall–Kier alpha value is -1.35. The summed E-state index contributed by atoms with van der Waals surface area (Å²) in [6, 6.07) is 7.95. The van der Waals surface area contributed by atoms with Gasteiger partial charge in [-0.1, -0.05) is 0 Å². The van der Waals surface area contributed by atoms with E-state index in [9.17, 15) is 0 Å². The molecular formula is C11H11NOS. The molecule has 0 spiro atoms. The van der Waals surface area contributed by atoms with Crippen LogP contribution in [0.1, 0.15) is 5.69 Å². The van der Waals surface area contributed by atoms with Crippen molar-refractivity contribution in [2.24, 2.45) is 0 Å². The molecule has 0 saturated carbocycles. The van der Waals surface area contributed by atoms with Gasteiger partial charge >= 0.3 is 0 Å². The molecule has 2 aromatic rings. The van der Waals surface area contributed by atoms with E-state index in [1.807, 2.05) is 31.2 Å². The number of nitrogens with zero attached hydrogens (tertiary/aromatic N) is 1. The van der Waals surface area contributed by atoms with E-state index in [4.69, 9.17) is 4.74 Å². The highest BCUT2D eigenvalue weighted by molar-refractivity contribution is 7.13. The zero-order valence-corrected chi connectivity index (χ0v) is 8.97. The first-order chi connectivity index (χ1) is 6.79. The first-order valence-corrected chi connectivity index (χ1v) is 5.24. The topological polar surface area (TPSA) is 22.1 Å². The van der Waals surface area contributed by atoms with Crippen LogP contribution in [0.5, 0.6) is 5.75 Å². The minimum atomic E-state index is 0.877. The Labute approximate surface area is 87.2 Å². The molecule has 0 atom stereocenters. The van der Waals surface area contributed by atoms with Crippen LogP contribution in [0.15, 0.2) is 29.6 Å². The number of rotatable bonds is 2. The highest BCUT2D eigenvalue weighted by atomic mass is 32.1.